The largest absolute Gasteiger partial charge is 0.460 e. The number of nitrogens with zero attached hydrogens (tertiary/aromatic N) is 3. The second-order valence-corrected chi connectivity index (χ2v) is 7.35. The highest BCUT2D eigenvalue weighted by Crippen LogP contribution is 2.28. The van der Waals surface area contributed by atoms with Crippen LogP contribution in [0, 0.1) is 11.7 Å². The van der Waals surface area contributed by atoms with Gasteiger partial charge in [0.25, 0.3) is 0 Å². The van der Waals surface area contributed by atoms with Gasteiger partial charge < -0.3 is 14.8 Å². The van der Waals surface area contributed by atoms with Crippen LogP contribution < -0.4 is 10.1 Å². The molecular weight excluding hydrogens is 399 g/mol. The smallest absolute Gasteiger partial charge is 0.336 e. The zero-order valence-corrected chi connectivity index (χ0v) is 17.4. The van der Waals surface area contributed by atoms with Gasteiger partial charge >= 0.3 is 6.01 Å². The normalized spacial score (nSPS) is 13.6. The van der Waals surface area contributed by atoms with Gasteiger partial charge in [0.05, 0.1) is 12.3 Å². The van der Waals surface area contributed by atoms with E-state index in [0.717, 1.165) is 24.9 Å². The van der Waals surface area contributed by atoms with Gasteiger partial charge in [0.1, 0.15) is 12.4 Å². The number of anilines is 1. The van der Waals surface area contributed by atoms with E-state index >= 15 is 0 Å². The second-order valence-electron chi connectivity index (χ2n) is 7.35. The van der Waals surface area contributed by atoms with E-state index in [0.29, 0.717) is 36.9 Å². The number of aromatic nitrogens is 3. The fourth-order valence-electron chi connectivity index (χ4n) is 3.29. The molecule has 0 unspecified atom stereocenters. The molecule has 3 aromatic rings. The van der Waals surface area contributed by atoms with Crippen LogP contribution in [-0.4, -0.2) is 40.5 Å². The molecule has 1 saturated carbocycles. The number of carbonyl (C=O) groups is 1. The van der Waals surface area contributed by atoms with Gasteiger partial charge in [-0.05, 0) is 56.2 Å². The Morgan fingerprint density at radius 3 is 2.68 bits per heavy atom. The van der Waals surface area contributed by atoms with Crippen molar-refractivity contribution in [2.45, 2.75) is 26.2 Å². The summed E-state index contributed by atoms with van der Waals surface area (Å²) in [7, 11) is 0. The van der Waals surface area contributed by atoms with Crippen LogP contribution in [0.3, 0.4) is 0 Å². The lowest BCUT2D eigenvalue weighted by Crippen LogP contribution is -2.27. The molecule has 0 aliphatic heterocycles. The van der Waals surface area contributed by atoms with E-state index in [9.17, 15) is 9.18 Å². The summed E-state index contributed by atoms with van der Waals surface area (Å²) in [6.45, 7) is 3.25. The number of amides is 1. The summed E-state index contributed by atoms with van der Waals surface area (Å²) in [5.74, 6) is 0.272. The minimum absolute atomic E-state index is 0.0604. The quantitative estimate of drug-likeness (QED) is 0.520. The molecule has 31 heavy (non-hydrogen) atoms. The van der Waals surface area contributed by atoms with Gasteiger partial charge in [-0.1, -0.05) is 18.6 Å². The van der Waals surface area contributed by atoms with Crippen LogP contribution >= 0.6 is 0 Å². The maximum atomic E-state index is 13.8. The number of benzene rings is 2. The number of carbonyl (C=O) groups excluding carboxylic acids is 1. The summed E-state index contributed by atoms with van der Waals surface area (Å²) in [6.07, 6.45) is 3.01. The van der Waals surface area contributed by atoms with Gasteiger partial charge in [0.15, 0.2) is 5.82 Å². The van der Waals surface area contributed by atoms with Crippen molar-refractivity contribution in [2.24, 2.45) is 5.92 Å². The number of rotatable bonds is 9. The monoisotopic (exact) mass is 424 g/mol. The number of ether oxygens (including phenoxy) is 2. The third kappa shape index (κ3) is 5.08. The molecule has 162 valence electrons. The van der Waals surface area contributed by atoms with Crippen molar-refractivity contribution in [3.63, 3.8) is 0 Å². The molecule has 2 aromatic carbocycles. The molecule has 1 heterocycles. The van der Waals surface area contributed by atoms with Crippen LogP contribution in [0.15, 0.2) is 48.5 Å². The summed E-state index contributed by atoms with van der Waals surface area (Å²) in [5.41, 5.74) is 2.02. The molecule has 1 N–H and O–H groups in total. The molecule has 1 aliphatic rings. The SMILES string of the molecule is CCOCCOc1nc(-c2cccc(F)c2)n(-c2ccc(NC(=O)C3CCC3)cc2)n1. The van der Waals surface area contributed by atoms with Gasteiger partial charge in [0.2, 0.25) is 5.91 Å². The van der Waals surface area contributed by atoms with Crippen molar-refractivity contribution in [1.29, 1.82) is 0 Å². The molecule has 8 heteroatoms. The number of halogens is 1. The molecular formula is C23H25FN4O3. The molecule has 1 aliphatic carbocycles. The minimum Gasteiger partial charge on any atom is -0.460 e. The Morgan fingerprint density at radius 1 is 1.19 bits per heavy atom. The maximum absolute atomic E-state index is 13.8. The number of hydrogen-bond acceptors (Lipinski definition) is 5. The first-order valence-electron chi connectivity index (χ1n) is 10.5. The minimum atomic E-state index is -0.361. The lowest BCUT2D eigenvalue weighted by molar-refractivity contribution is -0.122. The molecule has 1 fully saturated rings. The maximum Gasteiger partial charge on any atom is 0.336 e. The zero-order valence-electron chi connectivity index (χ0n) is 17.4. The molecule has 0 spiro atoms. The first-order valence-corrected chi connectivity index (χ1v) is 10.5. The summed E-state index contributed by atoms with van der Waals surface area (Å²) in [6, 6.07) is 13.6. The van der Waals surface area contributed by atoms with Crippen molar-refractivity contribution in [1.82, 2.24) is 14.8 Å². The Balaban J connectivity index is 1.57. The Kier molecular flexibility index (Phi) is 6.57. The van der Waals surface area contributed by atoms with E-state index in [2.05, 4.69) is 15.4 Å². The molecule has 4 rings (SSSR count). The third-order valence-electron chi connectivity index (χ3n) is 5.19. The highest BCUT2D eigenvalue weighted by Gasteiger charge is 2.25. The van der Waals surface area contributed by atoms with E-state index in [4.69, 9.17) is 9.47 Å². The van der Waals surface area contributed by atoms with Gasteiger partial charge in [-0.3, -0.25) is 4.79 Å². The first-order chi connectivity index (χ1) is 15.1. The summed E-state index contributed by atoms with van der Waals surface area (Å²) in [4.78, 5) is 16.6. The van der Waals surface area contributed by atoms with Crippen LogP contribution in [0.25, 0.3) is 17.1 Å². The van der Waals surface area contributed by atoms with Gasteiger partial charge in [-0.2, -0.15) is 4.98 Å². The van der Waals surface area contributed by atoms with Crippen LogP contribution in [0.4, 0.5) is 10.1 Å². The summed E-state index contributed by atoms with van der Waals surface area (Å²) < 4.78 is 26.3. The summed E-state index contributed by atoms with van der Waals surface area (Å²) in [5, 5.41) is 7.39. The molecule has 1 aromatic heterocycles. The van der Waals surface area contributed by atoms with Crippen molar-refractivity contribution in [3.8, 4) is 23.1 Å². The Labute approximate surface area is 180 Å². The van der Waals surface area contributed by atoms with Crippen LogP contribution in [0.2, 0.25) is 0 Å². The second kappa shape index (κ2) is 9.70. The van der Waals surface area contributed by atoms with E-state index in [1.54, 1.807) is 16.8 Å². The fourth-order valence-corrected chi connectivity index (χ4v) is 3.29. The Morgan fingerprint density at radius 2 is 2.00 bits per heavy atom. The van der Waals surface area contributed by atoms with E-state index in [1.165, 1.54) is 12.1 Å². The number of nitrogens with one attached hydrogen (secondary N) is 1. The van der Waals surface area contributed by atoms with Crippen molar-refractivity contribution in [2.75, 3.05) is 25.1 Å². The van der Waals surface area contributed by atoms with E-state index in [1.807, 2.05) is 31.2 Å². The van der Waals surface area contributed by atoms with Crippen molar-refractivity contribution < 1.29 is 18.7 Å². The Hall–Kier alpha value is -3.26. The molecule has 7 nitrogen and oxygen atoms in total. The van der Waals surface area contributed by atoms with Gasteiger partial charge in [-0.25, -0.2) is 9.07 Å². The summed E-state index contributed by atoms with van der Waals surface area (Å²) >= 11 is 0. The van der Waals surface area contributed by atoms with Crippen LogP contribution in [-0.2, 0) is 9.53 Å². The third-order valence-corrected chi connectivity index (χ3v) is 5.19. The van der Waals surface area contributed by atoms with E-state index in [-0.39, 0.29) is 23.7 Å². The fraction of sp³-hybridized carbons (Fsp3) is 0.348. The first kappa shape index (κ1) is 21.0. The lowest BCUT2D eigenvalue weighted by atomic mass is 9.85. The van der Waals surface area contributed by atoms with Gasteiger partial charge in [-0.15, -0.1) is 5.10 Å². The molecule has 0 bridgehead atoms. The molecule has 0 radical (unpaired) electrons. The Bertz CT molecular complexity index is 1030. The molecule has 0 atom stereocenters. The van der Waals surface area contributed by atoms with E-state index < -0.39 is 0 Å². The topological polar surface area (TPSA) is 78.3 Å². The van der Waals surface area contributed by atoms with Crippen LogP contribution in [0.5, 0.6) is 6.01 Å². The number of hydrogen-bond donors (Lipinski definition) is 1. The average Bonchev–Trinajstić information content (AvgIpc) is 3.15. The zero-order chi connectivity index (χ0) is 21.6. The average molecular weight is 424 g/mol. The van der Waals surface area contributed by atoms with Crippen LogP contribution in [0.1, 0.15) is 26.2 Å². The van der Waals surface area contributed by atoms with Crippen molar-refractivity contribution in [3.05, 3.63) is 54.3 Å². The molecule has 0 saturated heterocycles. The van der Waals surface area contributed by atoms with Gasteiger partial charge in [0, 0.05) is 23.8 Å². The van der Waals surface area contributed by atoms with Crippen molar-refractivity contribution >= 4 is 11.6 Å². The lowest BCUT2D eigenvalue weighted by Gasteiger charge is -2.24. The predicted octanol–water partition coefficient (Wildman–Crippen LogP) is 4.23. The highest BCUT2D eigenvalue weighted by molar-refractivity contribution is 5.93. The molecule has 1 amide bonds. The standard InChI is InChI=1S/C23H25FN4O3/c1-2-30-13-14-31-23-26-21(17-7-4-8-18(24)15-17)28(27-23)20-11-9-19(10-12-20)25-22(29)16-5-3-6-16/h4,7-12,15-16H,2-3,5-6,13-14H2,1H3,(H,25,29). The highest BCUT2D eigenvalue weighted by atomic mass is 19.1. The predicted molar refractivity (Wildman–Crippen MR) is 115 cm³/mol.